The van der Waals surface area contributed by atoms with Crippen LogP contribution in [0.15, 0.2) is 12.1 Å². The predicted octanol–water partition coefficient (Wildman–Crippen LogP) is 1.18. The Morgan fingerprint density at radius 3 is 2.90 bits per heavy atom. The van der Waals surface area contributed by atoms with E-state index in [2.05, 4.69) is 5.32 Å². The lowest BCUT2D eigenvalue weighted by molar-refractivity contribution is -0.151. The van der Waals surface area contributed by atoms with E-state index in [4.69, 9.17) is 11.6 Å². The van der Waals surface area contributed by atoms with Crippen molar-refractivity contribution < 1.29 is 9.59 Å². The fourth-order valence-electron chi connectivity index (χ4n) is 2.09. The van der Waals surface area contributed by atoms with Crippen LogP contribution in [0.3, 0.4) is 0 Å². The summed E-state index contributed by atoms with van der Waals surface area (Å²) >= 11 is 7.28. The van der Waals surface area contributed by atoms with Crippen LogP contribution in [-0.4, -0.2) is 54.8 Å². The third-order valence-electron chi connectivity index (χ3n) is 3.18. The summed E-state index contributed by atoms with van der Waals surface area (Å²) in [7, 11) is 1.64. The Bertz CT molecular complexity index is 484. The second-order valence-electron chi connectivity index (χ2n) is 4.76. The molecule has 5 nitrogen and oxygen atoms in total. The first-order valence-electron chi connectivity index (χ1n) is 6.57. The summed E-state index contributed by atoms with van der Waals surface area (Å²) in [5.41, 5.74) is 0. The van der Waals surface area contributed by atoms with Crippen molar-refractivity contribution in [2.45, 2.75) is 13.0 Å². The van der Waals surface area contributed by atoms with Gasteiger partial charge in [-0.15, -0.1) is 11.3 Å². The van der Waals surface area contributed by atoms with Gasteiger partial charge in [-0.25, -0.2) is 0 Å². The van der Waals surface area contributed by atoms with Gasteiger partial charge in [-0.2, -0.15) is 0 Å². The molecule has 1 N–H and O–H groups in total. The van der Waals surface area contributed by atoms with Crippen LogP contribution >= 0.6 is 22.9 Å². The highest BCUT2D eigenvalue weighted by molar-refractivity contribution is 7.16. The maximum atomic E-state index is 12.2. The molecular formula is C13H18ClN3O2S. The number of carbonyl (C=O) groups is 2. The molecule has 2 heterocycles. The van der Waals surface area contributed by atoms with Gasteiger partial charge in [0.2, 0.25) is 0 Å². The number of nitrogens with one attached hydrogen (secondary N) is 1. The molecule has 0 atom stereocenters. The van der Waals surface area contributed by atoms with Gasteiger partial charge in [0, 0.05) is 31.6 Å². The average Bonchev–Trinajstić information content (AvgIpc) is 2.69. The van der Waals surface area contributed by atoms with E-state index in [0.717, 1.165) is 24.4 Å². The van der Waals surface area contributed by atoms with Gasteiger partial charge >= 0.3 is 11.8 Å². The number of likely N-dealkylation sites (N-methyl/N-ethyl adjacent to an activating group) is 1. The summed E-state index contributed by atoms with van der Waals surface area (Å²) in [5.74, 6) is -0.879. The van der Waals surface area contributed by atoms with Crippen molar-refractivity contribution in [1.29, 1.82) is 0 Å². The summed E-state index contributed by atoms with van der Waals surface area (Å²) in [6.07, 6.45) is 0.878. The molecule has 110 valence electrons. The summed E-state index contributed by atoms with van der Waals surface area (Å²) in [6, 6.07) is 3.67. The summed E-state index contributed by atoms with van der Waals surface area (Å²) in [4.78, 5) is 28.4. The minimum Gasteiger partial charge on any atom is -0.333 e. The molecule has 1 saturated heterocycles. The first-order valence-corrected chi connectivity index (χ1v) is 7.76. The highest BCUT2D eigenvalue weighted by Gasteiger charge is 2.25. The molecule has 1 aliphatic rings. The van der Waals surface area contributed by atoms with E-state index in [1.54, 1.807) is 18.0 Å². The number of hydrogen-bond donors (Lipinski definition) is 1. The molecule has 1 aliphatic heterocycles. The molecule has 0 unspecified atom stereocenters. The normalized spacial score (nSPS) is 15.8. The van der Waals surface area contributed by atoms with Crippen LogP contribution in [0.25, 0.3) is 0 Å². The molecular weight excluding hydrogens is 298 g/mol. The summed E-state index contributed by atoms with van der Waals surface area (Å²) < 4.78 is 0.686. The van der Waals surface area contributed by atoms with E-state index in [1.165, 1.54) is 16.2 Å². The Balaban J connectivity index is 1.93. The molecule has 1 aromatic rings. The van der Waals surface area contributed by atoms with Crippen LogP contribution in [0.2, 0.25) is 4.34 Å². The quantitative estimate of drug-likeness (QED) is 0.834. The number of hydrogen-bond acceptors (Lipinski definition) is 4. The Hall–Kier alpha value is -1.11. The molecule has 7 heteroatoms. The SMILES string of the molecule is CN(Cc1ccc(Cl)s1)C(=O)C(=O)N1CCCNCC1. The Morgan fingerprint density at radius 2 is 2.20 bits per heavy atom. The fourth-order valence-corrected chi connectivity index (χ4v) is 3.23. The highest BCUT2D eigenvalue weighted by atomic mass is 35.5. The van der Waals surface area contributed by atoms with Crippen molar-refractivity contribution in [3.05, 3.63) is 21.3 Å². The van der Waals surface area contributed by atoms with Crippen molar-refractivity contribution in [2.75, 3.05) is 33.2 Å². The Morgan fingerprint density at radius 1 is 1.40 bits per heavy atom. The molecule has 1 aromatic heterocycles. The summed E-state index contributed by atoms with van der Waals surface area (Å²) in [5, 5.41) is 3.21. The molecule has 0 saturated carbocycles. The lowest BCUT2D eigenvalue weighted by atomic mass is 10.3. The van der Waals surface area contributed by atoms with Crippen molar-refractivity contribution >= 4 is 34.8 Å². The van der Waals surface area contributed by atoms with Gasteiger partial charge < -0.3 is 15.1 Å². The number of thiophene rings is 1. The number of rotatable bonds is 2. The third-order valence-corrected chi connectivity index (χ3v) is 4.39. The third kappa shape index (κ3) is 3.94. The van der Waals surface area contributed by atoms with E-state index in [9.17, 15) is 9.59 Å². The van der Waals surface area contributed by atoms with Gasteiger partial charge in [0.25, 0.3) is 0 Å². The first kappa shape index (κ1) is 15.3. The zero-order valence-corrected chi connectivity index (χ0v) is 13.0. The van der Waals surface area contributed by atoms with Crippen LogP contribution in [-0.2, 0) is 16.1 Å². The van der Waals surface area contributed by atoms with E-state index < -0.39 is 11.8 Å². The van der Waals surface area contributed by atoms with Crippen LogP contribution in [0.5, 0.6) is 0 Å². The van der Waals surface area contributed by atoms with Crippen LogP contribution in [0.4, 0.5) is 0 Å². The monoisotopic (exact) mass is 315 g/mol. The molecule has 0 aliphatic carbocycles. The number of carbonyl (C=O) groups excluding carboxylic acids is 2. The average molecular weight is 316 g/mol. The van der Waals surface area contributed by atoms with Crippen molar-refractivity contribution in [3.63, 3.8) is 0 Å². The molecule has 0 aromatic carbocycles. The van der Waals surface area contributed by atoms with Crippen molar-refractivity contribution in [1.82, 2.24) is 15.1 Å². The number of nitrogens with zero attached hydrogens (tertiary/aromatic N) is 2. The predicted molar refractivity (Wildman–Crippen MR) is 79.9 cm³/mol. The maximum absolute atomic E-state index is 12.2. The first-order chi connectivity index (χ1) is 9.58. The molecule has 0 spiro atoms. The van der Waals surface area contributed by atoms with Gasteiger partial charge in [-0.1, -0.05) is 11.6 Å². The second-order valence-corrected chi connectivity index (χ2v) is 6.56. The maximum Gasteiger partial charge on any atom is 0.312 e. The molecule has 20 heavy (non-hydrogen) atoms. The Labute approximate surface area is 127 Å². The second kappa shape index (κ2) is 7.06. The molecule has 2 amide bonds. The zero-order valence-electron chi connectivity index (χ0n) is 11.4. The van der Waals surface area contributed by atoms with E-state index in [0.29, 0.717) is 24.0 Å². The molecule has 0 bridgehead atoms. The lowest BCUT2D eigenvalue weighted by Crippen LogP contribution is -2.44. The van der Waals surface area contributed by atoms with Gasteiger partial charge in [0.1, 0.15) is 0 Å². The Kier molecular flexibility index (Phi) is 5.39. The van der Waals surface area contributed by atoms with Gasteiger partial charge in [-0.05, 0) is 25.1 Å². The van der Waals surface area contributed by atoms with Crippen LogP contribution in [0, 0.1) is 0 Å². The fraction of sp³-hybridized carbons (Fsp3) is 0.538. The largest absolute Gasteiger partial charge is 0.333 e. The van der Waals surface area contributed by atoms with Crippen LogP contribution < -0.4 is 5.32 Å². The molecule has 1 fully saturated rings. The van der Waals surface area contributed by atoms with Crippen molar-refractivity contribution in [3.8, 4) is 0 Å². The van der Waals surface area contributed by atoms with Crippen LogP contribution in [0.1, 0.15) is 11.3 Å². The smallest absolute Gasteiger partial charge is 0.312 e. The van der Waals surface area contributed by atoms with Gasteiger partial charge in [-0.3, -0.25) is 9.59 Å². The lowest BCUT2D eigenvalue weighted by Gasteiger charge is -2.22. The standard InChI is InChI=1S/C13H18ClN3O2S/c1-16(9-10-3-4-11(14)20-10)12(18)13(19)17-7-2-5-15-6-8-17/h3-4,15H,2,5-9H2,1H3. The van der Waals surface area contributed by atoms with E-state index in [1.807, 2.05) is 6.07 Å². The number of amides is 2. The minimum absolute atomic E-state index is 0.411. The minimum atomic E-state index is -0.462. The van der Waals surface area contributed by atoms with E-state index >= 15 is 0 Å². The number of halogens is 1. The highest BCUT2D eigenvalue weighted by Crippen LogP contribution is 2.22. The zero-order chi connectivity index (χ0) is 14.5. The summed E-state index contributed by atoms with van der Waals surface area (Å²) in [6.45, 7) is 3.26. The molecule has 0 radical (unpaired) electrons. The van der Waals surface area contributed by atoms with Gasteiger partial charge in [0.15, 0.2) is 0 Å². The van der Waals surface area contributed by atoms with Gasteiger partial charge in [0.05, 0.1) is 10.9 Å². The topological polar surface area (TPSA) is 52.7 Å². The molecule has 2 rings (SSSR count). The van der Waals surface area contributed by atoms with Crippen molar-refractivity contribution in [2.24, 2.45) is 0 Å². The van der Waals surface area contributed by atoms with E-state index in [-0.39, 0.29) is 0 Å².